The van der Waals surface area contributed by atoms with Gasteiger partial charge >= 0.3 is 0 Å². The highest BCUT2D eigenvalue weighted by Crippen LogP contribution is 2.28. The molecule has 0 aliphatic carbocycles. The van der Waals surface area contributed by atoms with Crippen LogP contribution in [0.1, 0.15) is 34.6 Å². The number of benzene rings is 2. The Morgan fingerprint density at radius 1 is 1.07 bits per heavy atom. The van der Waals surface area contributed by atoms with Crippen LogP contribution in [0.2, 0.25) is 0 Å². The molecule has 1 atom stereocenters. The lowest BCUT2D eigenvalue weighted by atomic mass is 9.99. The van der Waals surface area contributed by atoms with E-state index in [-0.39, 0.29) is 11.9 Å². The maximum absolute atomic E-state index is 13.0. The smallest absolute Gasteiger partial charge is 0.257 e. The normalized spacial score (nSPS) is 12.1. The molecule has 0 aliphatic rings. The van der Waals surface area contributed by atoms with Crippen LogP contribution in [-0.2, 0) is 0 Å². The molecule has 5 nitrogen and oxygen atoms in total. The van der Waals surface area contributed by atoms with Crippen LogP contribution >= 0.6 is 0 Å². The van der Waals surface area contributed by atoms with Crippen LogP contribution in [0, 0.1) is 6.92 Å². The lowest BCUT2D eigenvalue weighted by Gasteiger charge is -2.16. The third-order valence-electron chi connectivity index (χ3n) is 4.65. The third kappa shape index (κ3) is 3.19. The van der Waals surface area contributed by atoms with Gasteiger partial charge in [-0.15, -0.1) is 0 Å². The van der Waals surface area contributed by atoms with E-state index in [1.807, 2.05) is 37.3 Å². The molecule has 2 aromatic carbocycles. The van der Waals surface area contributed by atoms with Gasteiger partial charge in [0.2, 0.25) is 0 Å². The molecule has 5 heteroatoms. The lowest BCUT2D eigenvalue weighted by Crippen LogP contribution is -2.27. The van der Waals surface area contributed by atoms with Crippen molar-refractivity contribution in [2.75, 3.05) is 0 Å². The van der Waals surface area contributed by atoms with Crippen molar-refractivity contribution < 1.29 is 9.32 Å². The van der Waals surface area contributed by atoms with E-state index in [0.29, 0.717) is 17.0 Å². The number of aromatic nitrogens is 2. The Morgan fingerprint density at radius 2 is 1.89 bits per heavy atom. The summed E-state index contributed by atoms with van der Waals surface area (Å²) in [5.74, 6) is 0.219. The molecule has 2 aromatic heterocycles. The molecule has 1 amide bonds. The summed E-state index contributed by atoms with van der Waals surface area (Å²) >= 11 is 0. The molecule has 134 valence electrons. The predicted molar refractivity (Wildman–Crippen MR) is 104 cm³/mol. The molecule has 0 saturated heterocycles. The third-order valence-corrected chi connectivity index (χ3v) is 4.65. The Hall–Kier alpha value is -3.47. The molecule has 0 fully saturated rings. The second-order valence-electron chi connectivity index (χ2n) is 6.48. The van der Waals surface area contributed by atoms with Gasteiger partial charge in [0, 0.05) is 18.0 Å². The first-order valence-electron chi connectivity index (χ1n) is 8.80. The molecular formula is C22H19N3O2. The number of aryl methyl sites for hydroxylation is 1. The second-order valence-corrected chi connectivity index (χ2v) is 6.48. The van der Waals surface area contributed by atoms with E-state index in [0.717, 1.165) is 21.9 Å². The van der Waals surface area contributed by atoms with Crippen LogP contribution < -0.4 is 5.32 Å². The van der Waals surface area contributed by atoms with Crippen molar-refractivity contribution in [3.8, 4) is 11.3 Å². The number of pyridine rings is 1. The van der Waals surface area contributed by atoms with Gasteiger partial charge in [-0.3, -0.25) is 9.78 Å². The number of nitrogens with one attached hydrogen (secondary N) is 1. The van der Waals surface area contributed by atoms with Gasteiger partial charge in [0.05, 0.1) is 11.7 Å². The maximum atomic E-state index is 13.0. The van der Waals surface area contributed by atoms with Gasteiger partial charge in [0.15, 0.2) is 5.76 Å². The van der Waals surface area contributed by atoms with Crippen molar-refractivity contribution in [3.63, 3.8) is 0 Å². The van der Waals surface area contributed by atoms with E-state index in [1.165, 1.54) is 0 Å². The van der Waals surface area contributed by atoms with Gasteiger partial charge in [0.25, 0.3) is 5.91 Å². The largest absolute Gasteiger partial charge is 0.355 e. The van der Waals surface area contributed by atoms with Crippen LogP contribution in [-0.4, -0.2) is 16.0 Å². The number of hydrogen-bond acceptors (Lipinski definition) is 4. The van der Waals surface area contributed by atoms with E-state index < -0.39 is 0 Å². The van der Waals surface area contributed by atoms with Crippen molar-refractivity contribution in [1.29, 1.82) is 0 Å². The standard InChI is InChI=1S/C22H19N3O2/c1-14(18-11-5-8-16-7-3-4-10-19(16)18)24-22(26)20-15(2)25-27-21(20)17-9-6-12-23-13-17/h3-14H,1-2H3,(H,24,26). The number of amides is 1. The summed E-state index contributed by atoms with van der Waals surface area (Å²) < 4.78 is 5.41. The SMILES string of the molecule is Cc1noc(-c2cccnc2)c1C(=O)NC(C)c1cccc2ccccc12. The Balaban J connectivity index is 1.66. The zero-order valence-electron chi connectivity index (χ0n) is 15.1. The quantitative estimate of drug-likeness (QED) is 0.575. The number of carbonyl (C=O) groups is 1. The monoisotopic (exact) mass is 357 g/mol. The van der Waals surface area contributed by atoms with E-state index in [9.17, 15) is 4.79 Å². The summed E-state index contributed by atoms with van der Waals surface area (Å²) in [6, 6.07) is 17.7. The van der Waals surface area contributed by atoms with Crippen molar-refractivity contribution in [2.45, 2.75) is 19.9 Å². The summed E-state index contributed by atoms with van der Waals surface area (Å²) in [6.45, 7) is 3.74. The molecular weight excluding hydrogens is 338 g/mol. The Kier molecular flexibility index (Phi) is 4.42. The first-order valence-corrected chi connectivity index (χ1v) is 8.80. The molecule has 1 unspecified atom stereocenters. The predicted octanol–water partition coefficient (Wildman–Crippen LogP) is 4.69. The molecule has 0 bridgehead atoms. The van der Waals surface area contributed by atoms with Crippen LogP contribution in [0.3, 0.4) is 0 Å². The zero-order chi connectivity index (χ0) is 18.8. The summed E-state index contributed by atoms with van der Waals surface area (Å²) in [4.78, 5) is 17.1. The topological polar surface area (TPSA) is 68.0 Å². The molecule has 27 heavy (non-hydrogen) atoms. The minimum atomic E-state index is -0.215. The highest BCUT2D eigenvalue weighted by atomic mass is 16.5. The zero-order valence-corrected chi connectivity index (χ0v) is 15.1. The molecule has 4 aromatic rings. The average molecular weight is 357 g/mol. The fourth-order valence-corrected chi connectivity index (χ4v) is 3.31. The molecule has 2 heterocycles. The Morgan fingerprint density at radius 3 is 2.70 bits per heavy atom. The van der Waals surface area contributed by atoms with Gasteiger partial charge in [-0.2, -0.15) is 0 Å². The van der Waals surface area contributed by atoms with Gasteiger partial charge < -0.3 is 9.84 Å². The highest BCUT2D eigenvalue weighted by molar-refractivity contribution is 6.01. The first kappa shape index (κ1) is 17.0. The second kappa shape index (κ2) is 7.03. The van der Waals surface area contributed by atoms with Crippen molar-refractivity contribution in [1.82, 2.24) is 15.5 Å². The number of rotatable bonds is 4. The van der Waals surface area contributed by atoms with Crippen LogP contribution in [0.15, 0.2) is 71.5 Å². The van der Waals surface area contributed by atoms with Gasteiger partial charge in [-0.05, 0) is 42.3 Å². The number of hydrogen-bond donors (Lipinski definition) is 1. The summed E-state index contributed by atoms with van der Waals surface area (Å²) in [5.41, 5.74) is 2.78. The van der Waals surface area contributed by atoms with Gasteiger partial charge in [-0.25, -0.2) is 0 Å². The minimum absolute atomic E-state index is 0.167. The minimum Gasteiger partial charge on any atom is -0.355 e. The average Bonchev–Trinajstić information content (AvgIpc) is 3.09. The van der Waals surface area contributed by atoms with Gasteiger partial charge in [0.1, 0.15) is 5.56 Å². The molecule has 0 radical (unpaired) electrons. The van der Waals surface area contributed by atoms with Crippen molar-refractivity contribution in [3.05, 3.63) is 83.8 Å². The Labute approximate surface area is 157 Å². The Bertz CT molecular complexity index is 1100. The summed E-state index contributed by atoms with van der Waals surface area (Å²) in [6.07, 6.45) is 3.33. The van der Waals surface area contributed by atoms with Gasteiger partial charge in [-0.1, -0.05) is 47.6 Å². The molecule has 0 spiro atoms. The van der Waals surface area contributed by atoms with Crippen LogP contribution in [0.4, 0.5) is 0 Å². The van der Waals surface area contributed by atoms with E-state index >= 15 is 0 Å². The lowest BCUT2D eigenvalue weighted by molar-refractivity contribution is 0.0940. The van der Waals surface area contributed by atoms with Crippen LogP contribution in [0.5, 0.6) is 0 Å². The van der Waals surface area contributed by atoms with E-state index in [1.54, 1.807) is 25.4 Å². The molecule has 0 aliphatic heterocycles. The van der Waals surface area contributed by atoms with E-state index in [4.69, 9.17) is 4.52 Å². The van der Waals surface area contributed by atoms with Crippen molar-refractivity contribution >= 4 is 16.7 Å². The molecule has 4 rings (SSSR count). The molecule has 0 saturated carbocycles. The van der Waals surface area contributed by atoms with Crippen LogP contribution in [0.25, 0.3) is 22.1 Å². The fourth-order valence-electron chi connectivity index (χ4n) is 3.31. The summed E-state index contributed by atoms with van der Waals surface area (Å²) in [7, 11) is 0. The number of carbonyl (C=O) groups excluding carboxylic acids is 1. The summed E-state index contributed by atoms with van der Waals surface area (Å²) in [5, 5.41) is 9.34. The number of fused-ring (bicyclic) bond motifs is 1. The first-order chi connectivity index (χ1) is 13.1. The van der Waals surface area contributed by atoms with Crippen molar-refractivity contribution in [2.24, 2.45) is 0 Å². The fraction of sp³-hybridized carbons (Fsp3) is 0.136. The maximum Gasteiger partial charge on any atom is 0.257 e. The van der Waals surface area contributed by atoms with E-state index in [2.05, 4.69) is 33.7 Å². The number of nitrogens with zero attached hydrogens (tertiary/aromatic N) is 2. The highest BCUT2D eigenvalue weighted by Gasteiger charge is 2.23. The molecule has 1 N–H and O–H groups in total.